The second-order valence-electron chi connectivity index (χ2n) is 2.35. The van der Waals surface area contributed by atoms with E-state index in [0.717, 1.165) is 11.4 Å². The SMILES string of the molecule is Cc1ccc(C)c(C)n1.[Pt]. The van der Waals surface area contributed by atoms with Gasteiger partial charge in [-0.1, -0.05) is 6.07 Å². The van der Waals surface area contributed by atoms with E-state index in [1.807, 2.05) is 19.9 Å². The van der Waals surface area contributed by atoms with Crippen LogP contribution < -0.4 is 0 Å². The van der Waals surface area contributed by atoms with Crippen LogP contribution in [0.1, 0.15) is 17.0 Å². The van der Waals surface area contributed by atoms with Crippen LogP contribution in [0, 0.1) is 20.8 Å². The molecule has 1 aromatic rings. The minimum Gasteiger partial charge on any atom is -0.258 e. The molecule has 10 heavy (non-hydrogen) atoms. The van der Waals surface area contributed by atoms with E-state index < -0.39 is 0 Å². The Balaban J connectivity index is 0.000000810. The molecular formula is C8H11NPt. The van der Waals surface area contributed by atoms with Gasteiger partial charge in [0.05, 0.1) is 0 Å². The third kappa shape index (κ3) is 2.22. The minimum absolute atomic E-state index is 0. The third-order valence-corrected chi connectivity index (χ3v) is 1.49. The molecule has 0 saturated carbocycles. The molecule has 0 unspecified atom stereocenters. The summed E-state index contributed by atoms with van der Waals surface area (Å²) < 4.78 is 0. The van der Waals surface area contributed by atoms with Crippen LogP contribution in [0.3, 0.4) is 0 Å². The zero-order chi connectivity index (χ0) is 6.85. The average molecular weight is 316 g/mol. The van der Waals surface area contributed by atoms with Gasteiger partial charge in [-0.2, -0.15) is 0 Å². The largest absolute Gasteiger partial charge is 0.258 e. The maximum Gasteiger partial charge on any atom is 0.0404 e. The molecule has 0 N–H and O–H groups in total. The number of hydrogen-bond acceptors (Lipinski definition) is 1. The maximum atomic E-state index is 4.27. The van der Waals surface area contributed by atoms with Crippen LogP contribution >= 0.6 is 0 Å². The normalized spacial score (nSPS) is 8.70. The van der Waals surface area contributed by atoms with Gasteiger partial charge in [0.1, 0.15) is 0 Å². The van der Waals surface area contributed by atoms with Crippen molar-refractivity contribution in [1.82, 2.24) is 4.98 Å². The second kappa shape index (κ2) is 3.87. The molecule has 2 heteroatoms. The first-order chi connectivity index (χ1) is 4.20. The van der Waals surface area contributed by atoms with Gasteiger partial charge in [0, 0.05) is 32.5 Å². The van der Waals surface area contributed by atoms with Crippen molar-refractivity contribution in [3.05, 3.63) is 29.1 Å². The van der Waals surface area contributed by atoms with Crippen molar-refractivity contribution in [2.75, 3.05) is 0 Å². The second-order valence-corrected chi connectivity index (χ2v) is 2.35. The van der Waals surface area contributed by atoms with E-state index in [-0.39, 0.29) is 21.1 Å². The van der Waals surface area contributed by atoms with Gasteiger partial charge in [-0.25, -0.2) is 0 Å². The molecule has 0 radical (unpaired) electrons. The molecule has 1 rings (SSSR count). The van der Waals surface area contributed by atoms with Crippen molar-refractivity contribution in [2.24, 2.45) is 0 Å². The number of aryl methyl sites for hydroxylation is 3. The molecule has 0 aliphatic rings. The first kappa shape index (κ1) is 9.84. The zero-order valence-electron chi connectivity index (χ0n) is 6.42. The number of rotatable bonds is 0. The van der Waals surface area contributed by atoms with Crippen molar-refractivity contribution in [2.45, 2.75) is 20.8 Å². The smallest absolute Gasteiger partial charge is 0.0404 e. The van der Waals surface area contributed by atoms with Gasteiger partial charge < -0.3 is 0 Å². The third-order valence-electron chi connectivity index (χ3n) is 1.49. The summed E-state index contributed by atoms with van der Waals surface area (Å²) in [6.07, 6.45) is 0. The van der Waals surface area contributed by atoms with Gasteiger partial charge in [0.2, 0.25) is 0 Å². The van der Waals surface area contributed by atoms with Gasteiger partial charge in [0.15, 0.2) is 0 Å². The Morgan fingerprint density at radius 3 is 2.10 bits per heavy atom. The van der Waals surface area contributed by atoms with E-state index in [0.29, 0.717) is 0 Å². The zero-order valence-corrected chi connectivity index (χ0v) is 8.69. The molecule has 0 aliphatic heterocycles. The van der Waals surface area contributed by atoms with Crippen molar-refractivity contribution in [3.63, 3.8) is 0 Å². The summed E-state index contributed by atoms with van der Waals surface area (Å²) in [6, 6.07) is 4.12. The van der Waals surface area contributed by atoms with Crippen molar-refractivity contribution >= 4 is 0 Å². The fraction of sp³-hybridized carbons (Fsp3) is 0.375. The van der Waals surface area contributed by atoms with Crippen LogP contribution in [0.4, 0.5) is 0 Å². The summed E-state index contributed by atoms with van der Waals surface area (Å²) in [6.45, 7) is 6.11. The molecule has 0 spiro atoms. The molecule has 1 nitrogen and oxygen atoms in total. The van der Waals surface area contributed by atoms with Crippen LogP contribution in [-0.2, 0) is 21.1 Å². The van der Waals surface area contributed by atoms with Crippen molar-refractivity contribution in [3.8, 4) is 0 Å². The van der Waals surface area contributed by atoms with Gasteiger partial charge >= 0.3 is 0 Å². The fourth-order valence-electron chi connectivity index (χ4n) is 0.756. The monoisotopic (exact) mass is 316 g/mol. The minimum atomic E-state index is 0. The molecule has 0 atom stereocenters. The van der Waals surface area contributed by atoms with Crippen molar-refractivity contribution in [1.29, 1.82) is 0 Å². The summed E-state index contributed by atoms with van der Waals surface area (Å²) in [7, 11) is 0. The summed E-state index contributed by atoms with van der Waals surface area (Å²) in [5.41, 5.74) is 3.49. The van der Waals surface area contributed by atoms with Gasteiger partial charge in [-0.15, -0.1) is 0 Å². The predicted molar refractivity (Wildman–Crippen MR) is 38.4 cm³/mol. The molecule has 1 aromatic heterocycles. The number of hydrogen-bond donors (Lipinski definition) is 0. The van der Waals surface area contributed by atoms with E-state index in [4.69, 9.17) is 0 Å². The molecule has 0 fully saturated rings. The molecule has 58 valence electrons. The molecule has 0 bridgehead atoms. The molecule has 1 heterocycles. The number of aromatic nitrogens is 1. The molecule has 0 amide bonds. The van der Waals surface area contributed by atoms with E-state index in [9.17, 15) is 0 Å². The molecule has 0 saturated heterocycles. The van der Waals surface area contributed by atoms with Crippen LogP contribution in [-0.4, -0.2) is 4.98 Å². The fourth-order valence-corrected chi connectivity index (χ4v) is 0.756. The Bertz CT molecular complexity index is 220. The quantitative estimate of drug-likeness (QED) is 0.713. The van der Waals surface area contributed by atoms with Crippen LogP contribution in [0.5, 0.6) is 0 Å². The predicted octanol–water partition coefficient (Wildman–Crippen LogP) is 2.00. The summed E-state index contributed by atoms with van der Waals surface area (Å²) in [4.78, 5) is 4.27. The Morgan fingerprint density at radius 2 is 1.70 bits per heavy atom. The Labute approximate surface area is 76.1 Å². The molecule has 0 aliphatic carbocycles. The summed E-state index contributed by atoms with van der Waals surface area (Å²) >= 11 is 0. The standard InChI is InChI=1S/C8H11N.Pt/c1-6-4-5-7(2)9-8(6)3;/h4-5H,1-3H3;. The Kier molecular flexibility index (Phi) is 3.81. The van der Waals surface area contributed by atoms with E-state index >= 15 is 0 Å². The van der Waals surface area contributed by atoms with E-state index in [2.05, 4.69) is 18.0 Å². The Hall–Kier alpha value is -0.162. The molecule has 0 aromatic carbocycles. The van der Waals surface area contributed by atoms with Gasteiger partial charge in [-0.3, -0.25) is 4.98 Å². The van der Waals surface area contributed by atoms with E-state index in [1.165, 1.54) is 5.56 Å². The molecular weight excluding hydrogens is 305 g/mol. The number of pyridine rings is 1. The van der Waals surface area contributed by atoms with Gasteiger partial charge in [-0.05, 0) is 32.4 Å². The van der Waals surface area contributed by atoms with Gasteiger partial charge in [0.25, 0.3) is 0 Å². The topological polar surface area (TPSA) is 12.9 Å². The maximum absolute atomic E-state index is 4.27. The van der Waals surface area contributed by atoms with Crippen LogP contribution in [0.2, 0.25) is 0 Å². The first-order valence-corrected chi connectivity index (χ1v) is 3.11. The summed E-state index contributed by atoms with van der Waals surface area (Å²) in [5, 5.41) is 0. The van der Waals surface area contributed by atoms with Crippen molar-refractivity contribution < 1.29 is 21.1 Å². The average Bonchev–Trinajstić information content (AvgIpc) is 1.80. The number of nitrogens with zero attached hydrogens (tertiary/aromatic N) is 1. The Morgan fingerprint density at radius 1 is 1.10 bits per heavy atom. The first-order valence-electron chi connectivity index (χ1n) is 3.11. The van der Waals surface area contributed by atoms with E-state index in [1.54, 1.807) is 0 Å². The van der Waals surface area contributed by atoms with Crippen LogP contribution in [0.15, 0.2) is 12.1 Å². The van der Waals surface area contributed by atoms with Crippen LogP contribution in [0.25, 0.3) is 0 Å². The summed E-state index contributed by atoms with van der Waals surface area (Å²) in [5.74, 6) is 0.